The topological polar surface area (TPSA) is 54.5 Å². The molecule has 108 valence electrons. The molecule has 2 fully saturated rings. The summed E-state index contributed by atoms with van der Waals surface area (Å²) < 4.78 is 4.75. The molecule has 3 rings (SSSR count). The first-order valence-electron chi connectivity index (χ1n) is 7.26. The maximum Gasteiger partial charge on any atom is 0.356 e. The number of carbonyl (C=O) groups is 1. The number of fused-ring (bicyclic) bond motifs is 1. The van der Waals surface area contributed by atoms with Crippen LogP contribution in [0.3, 0.4) is 0 Å². The van der Waals surface area contributed by atoms with Gasteiger partial charge in [0.25, 0.3) is 0 Å². The standard InChI is InChI=1S/C15H21N3O2/c1-3-14-12-8-16-7-10(12)9-18(14)11-4-5-17-13(6-11)15(19)20-2/h4-6,10,12,14,16H,3,7-9H2,1-2H3. The Hall–Kier alpha value is -1.62. The van der Waals surface area contributed by atoms with Crippen molar-refractivity contribution in [2.75, 3.05) is 31.6 Å². The summed E-state index contributed by atoms with van der Waals surface area (Å²) in [5.41, 5.74) is 1.47. The van der Waals surface area contributed by atoms with Gasteiger partial charge in [-0.3, -0.25) is 0 Å². The number of hydrogen-bond donors (Lipinski definition) is 1. The van der Waals surface area contributed by atoms with Crippen LogP contribution in [0, 0.1) is 11.8 Å². The Morgan fingerprint density at radius 3 is 3.15 bits per heavy atom. The molecule has 1 aromatic heterocycles. The van der Waals surface area contributed by atoms with Crippen LogP contribution in [0.5, 0.6) is 0 Å². The molecule has 0 aliphatic carbocycles. The van der Waals surface area contributed by atoms with E-state index in [4.69, 9.17) is 4.74 Å². The fourth-order valence-electron chi connectivity index (χ4n) is 3.66. The smallest absolute Gasteiger partial charge is 0.356 e. The molecule has 1 N–H and O–H groups in total. The van der Waals surface area contributed by atoms with Crippen molar-refractivity contribution in [2.45, 2.75) is 19.4 Å². The number of pyridine rings is 1. The van der Waals surface area contributed by atoms with Crippen molar-refractivity contribution in [3.8, 4) is 0 Å². The molecule has 0 aromatic carbocycles. The molecule has 3 atom stereocenters. The number of nitrogens with zero attached hydrogens (tertiary/aromatic N) is 2. The van der Waals surface area contributed by atoms with E-state index in [1.807, 2.05) is 12.1 Å². The van der Waals surface area contributed by atoms with Gasteiger partial charge in [-0.25, -0.2) is 9.78 Å². The van der Waals surface area contributed by atoms with E-state index in [9.17, 15) is 4.79 Å². The lowest BCUT2D eigenvalue weighted by Gasteiger charge is -2.29. The summed E-state index contributed by atoms with van der Waals surface area (Å²) in [7, 11) is 1.39. The first-order chi connectivity index (χ1) is 9.74. The third kappa shape index (κ3) is 2.16. The van der Waals surface area contributed by atoms with Crippen molar-refractivity contribution in [3.05, 3.63) is 24.0 Å². The Labute approximate surface area is 119 Å². The van der Waals surface area contributed by atoms with E-state index in [2.05, 4.69) is 22.1 Å². The van der Waals surface area contributed by atoms with Gasteiger partial charge < -0.3 is 15.0 Å². The van der Waals surface area contributed by atoms with Gasteiger partial charge in [0.2, 0.25) is 0 Å². The molecule has 2 saturated heterocycles. The summed E-state index contributed by atoms with van der Waals surface area (Å²) >= 11 is 0. The summed E-state index contributed by atoms with van der Waals surface area (Å²) in [4.78, 5) is 18.1. The molecule has 3 heterocycles. The maximum atomic E-state index is 11.6. The molecule has 5 nitrogen and oxygen atoms in total. The molecule has 0 radical (unpaired) electrons. The lowest BCUT2D eigenvalue weighted by molar-refractivity contribution is 0.0594. The Balaban J connectivity index is 1.87. The van der Waals surface area contributed by atoms with Crippen molar-refractivity contribution in [1.82, 2.24) is 10.3 Å². The zero-order chi connectivity index (χ0) is 14.1. The van der Waals surface area contributed by atoms with Crippen molar-refractivity contribution in [2.24, 2.45) is 11.8 Å². The number of aromatic nitrogens is 1. The molecule has 1 aromatic rings. The van der Waals surface area contributed by atoms with Crippen LogP contribution in [-0.4, -0.2) is 43.7 Å². The number of methoxy groups -OCH3 is 1. The quantitative estimate of drug-likeness (QED) is 0.843. The van der Waals surface area contributed by atoms with Crippen molar-refractivity contribution >= 4 is 11.7 Å². The first-order valence-corrected chi connectivity index (χ1v) is 7.26. The van der Waals surface area contributed by atoms with Crippen LogP contribution in [0.1, 0.15) is 23.8 Å². The third-order valence-corrected chi connectivity index (χ3v) is 4.61. The average Bonchev–Trinajstić information content (AvgIpc) is 3.06. The van der Waals surface area contributed by atoms with E-state index in [-0.39, 0.29) is 5.97 Å². The van der Waals surface area contributed by atoms with Crippen LogP contribution >= 0.6 is 0 Å². The Bertz CT molecular complexity index is 506. The number of nitrogens with one attached hydrogen (secondary N) is 1. The summed E-state index contributed by atoms with van der Waals surface area (Å²) in [5.74, 6) is 1.06. The van der Waals surface area contributed by atoms with E-state index in [1.165, 1.54) is 7.11 Å². The predicted molar refractivity (Wildman–Crippen MR) is 76.9 cm³/mol. The lowest BCUT2D eigenvalue weighted by Crippen LogP contribution is -2.35. The summed E-state index contributed by atoms with van der Waals surface area (Å²) in [5, 5.41) is 3.49. The van der Waals surface area contributed by atoms with Crippen molar-refractivity contribution in [1.29, 1.82) is 0 Å². The molecule has 20 heavy (non-hydrogen) atoms. The number of anilines is 1. The average molecular weight is 275 g/mol. The third-order valence-electron chi connectivity index (χ3n) is 4.61. The minimum Gasteiger partial charge on any atom is -0.464 e. The van der Waals surface area contributed by atoms with E-state index < -0.39 is 0 Å². The summed E-state index contributed by atoms with van der Waals surface area (Å²) in [6.45, 7) is 5.50. The highest BCUT2D eigenvalue weighted by molar-refractivity contribution is 5.88. The predicted octanol–water partition coefficient (Wildman–Crippen LogP) is 1.30. The Kier molecular flexibility index (Phi) is 3.61. The van der Waals surface area contributed by atoms with E-state index >= 15 is 0 Å². The second-order valence-electron chi connectivity index (χ2n) is 5.60. The fraction of sp³-hybridized carbons (Fsp3) is 0.600. The van der Waals surface area contributed by atoms with Gasteiger partial charge in [-0.2, -0.15) is 0 Å². The molecule has 2 aliphatic rings. The van der Waals surface area contributed by atoms with Crippen LogP contribution in [-0.2, 0) is 4.74 Å². The van der Waals surface area contributed by atoms with Crippen molar-refractivity contribution < 1.29 is 9.53 Å². The molecule has 0 saturated carbocycles. The van der Waals surface area contributed by atoms with Crippen LogP contribution < -0.4 is 10.2 Å². The van der Waals surface area contributed by atoms with E-state index in [1.54, 1.807) is 6.20 Å². The van der Waals surface area contributed by atoms with Gasteiger partial charge in [-0.1, -0.05) is 6.92 Å². The number of carbonyl (C=O) groups excluding carboxylic acids is 1. The summed E-state index contributed by atoms with van der Waals surface area (Å²) in [6.07, 6.45) is 2.82. The molecule has 0 bridgehead atoms. The zero-order valence-corrected chi connectivity index (χ0v) is 12.0. The van der Waals surface area contributed by atoms with Gasteiger partial charge in [-0.15, -0.1) is 0 Å². The first kappa shape index (κ1) is 13.4. The van der Waals surface area contributed by atoms with Crippen molar-refractivity contribution in [3.63, 3.8) is 0 Å². The van der Waals surface area contributed by atoms with E-state index in [0.29, 0.717) is 11.7 Å². The summed E-state index contributed by atoms with van der Waals surface area (Å²) in [6, 6.07) is 4.38. The van der Waals surface area contributed by atoms with E-state index in [0.717, 1.165) is 43.6 Å². The van der Waals surface area contributed by atoms with Gasteiger partial charge in [0.1, 0.15) is 5.69 Å². The Morgan fingerprint density at radius 1 is 1.55 bits per heavy atom. The van der Waals surface area contributed by atoms with Gasteiger partial charge in [0, 0.05) is 37.6 Å². The molecule has 0 spiro atoms. The second kappa shape index (κ2) is 5.40. The van der Waals surface area contributed by atoms with Crippen LogP contribution in [0.4, 0.5) is 5.69 Å². The minimum absolute atomic E-state index is 0.374. The maximum absolute atomic E-state index is 11.6. The highest BCUT2D eigenvalue weighted by atomic mass is 16.5. The minimum atomic E-state index is -0.374. The lowest BCUT2D eigenvalue weighted by atomic mass is 9.93. The molecule has 3 unspecified atom stereocenters. The monoisotopic (exact) mass is 275 g/mol. The molecular formula is C15H21N3O2. The second-order valence-corrected chi connectivity index (χ2v) is 5.60. The number of hydrogen-bond acceptors (Lipinski definition) is 5. The SMILES string of the molecule is CCC1C2CNCC2CN1c1ccnc(C(=O)OC)c1. The number of rotatable bonds is 3. The largest absolute Gasteiger partial charge is 0.464 e. The molecule has 2 aliphatic heterocycles. The van der Waals surface area contributed by atoms with Gasteiger partial charge >= 0.3 is 5.97 Å². The number of ether oxygens (including phenoxy) is 1. The van der Waals surface area contributed by atoms with Gasteiger partial charge in [-0.05, 0) is 30.4 Å². The van der Waals surface area contributed by atoms with Crippen LogP contribution in [0.2, 0.25) is 0 Å². The fourth-order valence-corrected chi connectivity index (χ4v) is 3.66. The normalized spacial score (nSPS) is 28.5. The molecule has 5 heteroatoms. The molecular weight excluding hydrogens is 254 g/mol. The highest BCUT2D eigenvalue weighted by Gasteiger charge is 2.43. The van der Waals surface area contributed by atoms with Gasteiger partial charge in [0.05, 0.1) is 7.11 Å². The number of esters is 1. The van der Waals surface area contributed by atoms with Crippen LogP contribution in [0.15, 0.2) is 18.3 Å². The highest BCUT2D eigenvalue weighted by Crippen LogP contribution is 2.37. The zero-order valence-electron chi connectivity index (χ0n) is 12.0. The molecule has 0 amide bonds. The van der Waals surface area contributed by atoms with Gasteiger partial charge in [0.15, 0.2) is 0 Å². The van der Waals surface area contributed by atoms with Crippen LogP contribution in [0.25, 0.3) is 0 Å². The Morgan fingerprint density at radius 2 is 2.40 bits per heavy atom.